The maximum absolute atomic E-state index is 11.6. The van der Waals surface area contributed by atoms with Crippen LogP contribution in [0.15, 0.2) is 52.7 Å². The lowest BCUT2D eigenvalue weighted by molar-refractivity contribution is 0.395. The average molecular weight is 375 g/mol. The Morgan fingerprint density at radius 2 is 1.72 bits per heavy atom. The molecule has 1 aromatic heterocycles. The van der Waals surface area contributed by atoms with Gasteiger partial charge in [0.1, 0.15) is 16.5 Å². The summed E-state index contributed by atoms with van der Waals surface area (Å²) in [6.07, 6.45) is 1.19. The second-order valence-corrected chi connectivity index (χ2v) is 8.27. The highest BCUT2D eigenvalue weighted by molar-refractivity contribution is 7.90. The summed E-state index contributed by atoms with van der Waals surface area (Å²) in [6, 6.07) is 12.3. The molecule has 0 unspecified atom stereocenters. The normalized spacial score (nSPS) is 11.3. The molecule has 0 radical (unpaired) electrons. The number of hydrogen-bond donors (Lipinski definition) is 0. The van der Waals surface area contributed by atoms with Gasteiger partial charge < -0.3 is 9.47 Å². The molecule has 0 spiro atoms. The topological polar surface area (TPSA) is 65.5 Å². The smallest absolute Gasteiger partial charge is 0.175 e. The molecular weight excluding hydrogens is 358 g/mol. The molecule has 3 rings (SSSR count). The Hall–Kier alpha value is -2.38. The van der Waals surface area contributed by atoms with Gasteiger partial charge in [-0.3, -0.25) is 0 Å². The monoisotopic (exact) mass is 375 g/mol. The van der Waals surface area contributed by atoms with Crippen molar-refractivity contribution >= 4 is 21.2 Å². The number of aromatic nitrogens is 1. The molecule has 0 atom stereocenters. The summed E-state index contributed by atoms with van der Waals surface area (Å²) in [5.41, 5.74) is 2.53. The van der Waals surface area contributed by atoms with Crippen molar-refractivity contribution in [2.45, 2.75) is 4.90 Å². The van der Waals surface area contributed by atoms with E-state index in [0.717, 1.165) is 21.8 Å². The molecule has 0 saturated heterocycles. The molecule has 130 valence electrons. The molecule has 0 saturated carbocycles. The van der Waals surface area contributed by atoms with Gasteiger partial charge in [0.15, 0.2) is 9.84 Å². The number of ether oxygens (including phenoxy) is 2. The number of rotatable bonds is 5. The Labute approximate surface area is 150 Å². The lowest BCUT2D eigenvalue weighted by Crippen LogP contribution is -1.96. The number of thiazole rings is 1. The van der Waals surface area contributed by atoms with Crippen LogP contribution in [-0.2, 0) is 9.84 Å². The third-order valence-electron chi connectivity index (χ3n) is 3.72. The predicted octanol–water partition coefficient (Wildman–Crippen LogP) is 3.90. The van der Waals surface area contributed by atoms with Gasteiger partial charge in [0.25, 0.3) is 0 Å². The van der Waals surface area contributed by atoms with Crippen molar-refractivity contribution in [2.24, 2.45) is 0 Å². The molecule has 0 aliphatic carbocycles. The van der Waals surface area contributed by atoms with E-state index < -0.39 is 9.84 Å². The van der Waals surface area contributed by atoms with E-state index >= 15 is 0 Å². The van der Waals surface area contributed by atoms with Gasteiger partial charge >= 0.3 is 0 Å². The van der Waals surface area contributed by atoms with Crippen LogP contribution in [-0.4, -0.2) is 33.9 Å². The highest BCUT2D eigenvalue weighted by Crippen LogP contribution is 2.36. The van der Waals surface area contributed by atoms with E-state index in [9.17, 15) is 8.42 Å². The molecular formula is C18H17NO4S2. The van der Waals surface area contributed by atoms with Crippen molar-refractivity contribution in [1.29, 1.82) is 0 Å². The highest BCUT2D eigenvalue weighted by atomic mass is 32.2. The van der Waals surface area contributed by atoms with Gasteiger partial charge in [0.2, 0.25) is 0 Å². The Bertz CT molecular complexity index is 992. The number of nitrogens with zero attached hydrogens (tertiary/aromatic N) is 1. The van der Waals surface area contributed by atoms with E-state index in [4.69, 9.17) is 9.47 Å². The number of methoxy groups -OCH3 is 2. The predicted molar refractivity (Wildman–Crippen MR) is 99.2 cm³/mol. The minimum atomic E-state index is -3.20. The van der Waals surface area contributed by atoms with E-state index in [-0.39, 0.29) is 0 Å². The van der Waals surface area contributed by atoms with Crippen LogP contribution in [0.1, 0.15) is 0 Å². The quantitative estimate of drug-likeness (QED) is 0.677. The SMILES string of the molecule is COc1ccc(-c2nc(-c3ccc(S(C)(=O)=O)cc3)cs2)c(OC)c1. The van der Waals surface area contributed by atoms with Gasteiger partial charge in [0.05, 0.1) is 30.4 Å². The van der Waals surface area contributed by atoms with Crippen molar-refractivity contribution in [3.8, 4) is 33.3 Å². The van der Waals surface area contributed by atoms with Crippen LogP contribution >= 0.6 is 11.3 Å². The number of benzene rings is 2. The van der Waals surface area contributed by atoms with E-state index in [1.165, 1.54) is 17.6 Å². The Morgan fingerprint density at radius 3 is 2.32 bits per heavy atom. The van der Waals surface area contributed by atoms with Gasteiger partial charge in [-0.05, 0) is 24.3 Å². The van der Waals surface area contributed by atoms with Crippen LogP contribution in [0.25, 0.3) is 21.8 Å². The molecule has 2 aromatic carbocycles. The van der Waals surface area contributed by atoms with Crippen LogP contribution in [0.5, 0.6) is 11.5 Å². The summed E-state index contributed by atoms with van der Waals surface area (Å²) in [7, 11) is 0.0137. The Balaban J connectivity index is 1.95. The minimum Gasteiger partial charge on any atom is -0.497 e. The highest BCUT2D eigenvalue weighted by Gasteiger charge is 2.13. The largest absolute Gasteiger partial charge is 0.497 e. The molecule has 0 N–H and O–H groups in total. The van der Waals surface area contributed by atoms with Crippen LogP contribution < -0.4 is 9.47 Å². The molecule has 0 amide bonds. The molecule has 5 nitrogen and oxygen atoms in total. The van der Waals surface area contributed by atoms with Gasteiger partial charge in [-0.15, -0.1) is 11.3 Å². The second-order valence-electron chi connectivity index (χ2n) is 5.40. The molecule has 0 bridgehead atoms. The zero-order chi connectivity index (χ0) is 18.0. The fourth-order valence-electron chi connectivity index (χ4n) is 2.38. The van der Waals surface area contributed by atoms with Crippen molar-refractivity contribution in [3.05, 3.63) is 47.8 Å². The first-order chi connectivity index (χ1) is 11.9. The zero-order valence-corrected chi connectivity index (χ0v) is 15.6. The minimum absolute atomic E-state index is 0.295. The van der Waals surface area contributed by atoms with E-state index in [2.05, 4.69) is 4.98 Å². The molecule has 3 aromatic rings. The van der Waals surface area contributed by atoms with Crippen LogP contribution in [0.4, 0.5) is 0 Å². The Kier molecular flexibility index (Phi) is 4.78. The Morgan fingerprint density at radius 1 is 1.00 bits per heavy atom. The molecule has 1 heterocycles. The lowest BCUT2D eigenvalue weighted by atomic mass is 10.1. The fraction of sp³-hybridized carbons (Fsp3) is 0.167. The average Bonchev–Trinajstić information content (AvgIpc) is 3.10. The van der Waals surface area contributed by atoms with Crippen LogP contribution in [0, 0.1) is 0 Å². The summed E-state index contributed by atoms with van der Waals surface area (Å²) in [6.45, 7) is 0. The van der Waals surface area contributed by atoms with Crippen molar-refractivity contribution in [2.75, 3.05) is 20.5 Å². The first-order valence-electron chi connectivity index (χ1n) is 7.41. The second kappa shape index (κ2) is 6.85. The third-order valence-corrected chi connectivity index (χ3v) is 5.73. The van der Waals surface area contributed by atoms with Crippen LogP contribution in [0.3, 0.4) is 0 Å². The maximum atomic E-state index is 11.6. The molecule has 0 fully saturated rings. The zero-order valence-electron chi connectivity index (χ0n) is 14.0. The summed E-state index contributed by atoms with van der Waals surface area (Å²) >= 11 is 1.50. The van der Waals surface area contributed by atoms with Crippen LogP contribution in [0.2, 0.25) is 0 Å². The fourth-order valence-corrected chi connectivity index (χ4v) is 3.87. The first-order valence-corrected chi connectivity index (χ1v) is 10.2. The molecule has 0 aliphatic heterocycles. The number of sulfone groups is 1. The van der Waals surface area contributed by atoms with Gasteiger partial charge in [-0.1, -0.05) is 12.1 Å². The summed E-state index contributed by atoms with van der Waals surface area (Å²) in [5, 5.41) is 2.76. The molecule has 7 heteroatoms. The standard InChI is InChI=1S/C18H17NO4S2/c1-22-13-6-9-15(17(10-13)23-2)18-19-16(11-24-18)12-4-7-14(8-5-12)25(3,20)21/h4-11H,1-3H3. The van der Waals surface area contributed by atoms with E-state index in [1.807, 2.05) is 23.6 Å². The van der Waals surface area contributed by atoms with Crippen molar-refractivity contribution in [3.63, 3.8) is 0 Å². The maximum Gasteiger partial charge on any atom is 0.175 e. The molecule has 0 aliphatic rings. The van der Waals surface area contributed by atoms with E-state index in [1.54, 1.807) is 38.5 Å². The van der Waals surface area contributed by atoms with Gasteiger partial charge in [0, 0.05) is 23.3 Å². The van der Waals surface area contributed by atoms with Crippen molar-refractivity contribution < 1.29 is 17.9 Å². The summed E-state index contributed by atoms with van der Waals surface area (Å²) in [4.78, 5) is 4.95. The molecule has 25 heavy (non-hydrogen) atoms. The van der Waals surface area contributed by atoms with Gasteiger partial charge in [-0.2, -0.15) is 0 Å². The number of hydrogen-bond acceptors (Lipinski definition) is 6. The van der Waals surface area contributed by atoms with E-state index in [0.29, 0.717) is 16.4 Å². The third kappa shape index (κ3) is 3.67. The van der Waals surface area contributed by atoms with Crippen molar-refractivity contribution in [1.82, 2.24) is 4.98 Å². The summed E-state index contributed by atoms with van der Waals surface area (Å²) in [5.74, 6) is 1.40. The first kappa shape index (κ1) is 17.4. The van der Waals surface area contributed by atoms with Gasteiger partial charge in [-0.25, -0.2) is 13.4 Å². The summed E-state index contributed by atoms with van der Waals surface area (Å²) < 4.78 is 33.8. The lowest BCUT2D eigenvalue weighted by Gasteiger charge is -2.08.